The second-order valence-corrected chi connectivity index (χ2v) is 8.05. The highest BCUT2D eigenvalue weighted by Gasteiger charge is 2.24. The lowest BCUT2D eigenvalue weighted by Gasteiger charge is -2.17. The molecule has 9 heteroatoms. The molecule has 0 bridgehead atoms. The van der Waals surface area contributed by atoms with Crippen molar-refractivity contribution in [2.45, 2.75) is 13.1 Å². The lowest BCUT2D eigenvalue weighted by Crippen LogP contribution is -2.19. The summed E-state index contributed by atoms with van der Waals surface area (Å²) in [4.78, 5) is 24.5. The average molecular weight is 471 g/mol. The van der Waals surface area contributed by atoms with E-state index in [4.69, 9.17) is 11.6 Å². The lowest BCUT2D eigenvalue weighted by atomic mass is 9.98. The van der Waals surface area contributed by atoms with Crippen molar-refractivity contribution in [3.8, 4) is 16.8 Å². The fourth-order valence-electron chi connectivity index (χ4n) is 4.15. The quantitative estimate of drug-likeness (QED) is 0.440. The van der Waals surface area contributed by atoms with Gasteiger partial charge in [0.05, 0.1) is 21.6 Å². The molecule has 0 amide bonds. The second-order valence-electron chi connectivity index (χ2n) is 7.67. The van der Waals surface area contributed by atoms with E-state index < -0.39 is 34.4 Å². The third-order valence-electron chi connectivity index (χ3n) is 5.71. The Labute approximate surface area is 189 Å². The minimum Gasteiger partial charge on any atom is -0.477 e. The molecule has 3 aromatic carbocycles. The van der Waals surface area contributed by atoms with Crippen LogP contribution < -0.4 is 10.7 Å². The number of aromatic nitrogens is 1. The zero-order chi connectivity index (χ0) is 23.4. The first-order valence-electron chi connectivity index (χ1n) is 9.85. The summed E-state index contributed by atoms with van der Waals surface area (Å²) in [5.41, 5.74) is 0.438. The molecular formula is C24H14ClF3N2O3. The van der Waals surface area contributed by atoms with Crippen LogP contribution in [0.1, 0.15) is 21.5 Å². The molecule has 0 spiro atoms. The molecule has 2 N–H and O–H groups in total. The Morgan fingerprint density at radius 2 is 1.76 bits per heavy atom. The monoisotopic (exact) mass is 470 g/mol. The van der Waals surface area contributed by atoms with E-state index in [1.165, 1.54) is 0 Å². The van der Waals surface area contributed by atoms with Gasteiger partial charge in [-0.1, -0.05) is 23.7 Å². The average Bonchev–Trinajstić information content (AvgIpc) is 3.22. The predicted octanol–water partition coefficient (Wildman–Crippen LogP) is 5.03. The standard InChI is InChI=1S/C24H14ClF3N2O3/c25-21-20(11-1-2-12-8-29-9-13(12)5-11)18(28)7-15-22(21)30(10-16(23(15)31)24(32)33)19-4-3-14(26)6-17(19)27/h1-7,10,29H,8-9H2,(H,32,33). The minimum absolute atomic E-state index is 0.0161. The summed E-state index contributed by atoms with van der Waals surface area (Å²) in [5.74, 6) is -4.26. The van der Waals surface area contributed by atoms with E-state index in [2.05, 4.69) is 5.32 Å². The van der Waals surface area contributed by atoms with Crippen LogP contribution in [-0.4, -0.2) is 15.6 Å². The van der Waals surface area contributed by atoms with E-state index in [0.717, 1.165) is 40.1 Å². The predicted molar refractivity (Wildman–Crippen MR) is 117 cm³/mol. The van der Waals surface area contributed by atoms with Crippen molar-refractivity contribution < 1.29 is 23.1 Å². The summed E-state index contributed by atoms with van der Waals surface area (Å²) >= 11 is 6.62. The first-order valence-corrected chi connectivity index (χ1v) is 10.2. The fraction of sp³-hybridized carbons (Fsp3) is 0.0833. The van der Waals surface area contributed by atoms with Crippen LogP contribution in [0.2, 0.25) is 5.02 Å². The maximum absolute atomic E-state index is 15.3. The smallest absolute Gasteiger partial charge is 0.341 e. The molecule has 2 heterocycles. The number of rotatable bonds is 3. The summed E-state index contributed by atoms with van der Waals surface area (Å²) < 4.78 is 44.5. The van der Waals surface area contributed by atoms with E-state index in [9.17, 15) is 23.5 Å². The van der Waals surface area contributed by atoms with Gasteiger partial charge in [-0.2, -0.15) is 0 Å². The van der Waals surface area contributed by atoms with Crippen LogP contribution in [0.4, 0.5) is 13.2 Å². The van der Waals surface area contributed by atoms with Crippen LogP contribution >= 0.6 is 11.6 Å². The number of fused-ring (bicyclic) bond motifs is 2. The maximum Gasteiger partial charge on any atom is 0.341 e. The number of halogens is 4. The molecule has 0 fully saturated rings. The largest absolute Gasteiger partial charge is 0.477 e. The first-order chi connectivity index (χ1) is 15.8. The Balaban J connectivity index is 1.89. The second kappa shape index (κ2) is 7.75. The molecule has 33 heavy (non-hydrogen) atoms. The third-order valence-corrected chi connectivity index (χ3v) is 6.07. The Bertz CT molecular complexity index is 1550. The topological polar surface area (TPSA) is 71.3 Å². The summed E-state index contributed by atoms with van der Waals surface area (Å²) in [6.45, 7) is 1.29. The van der Waals surface area contributed by atoms with Gasteiger partial charge in [0, 0.05) is 30.9 Å². The third kappa shape index (κ3) is 3.39. The number of hydrogen-bond acceptors (Lipinski definition) is 3. The van der Waals surface area contributed by atoms with Crippen molar-refractivity contribution in [2.75, 3.05) is 0 Å². The number of pyridine rings is 1. The molecule has 5 nitrogen and oxygen atoms in total. The highest BCUT2D eigenvalue weighted by atomic mass is 35.5. The molecule has 0 saturated heterocycles. The summed E-state index contributed by atoms with van der Waals surface area (Å²) in [6, 6.07) is 8.88. The lowest BCUT2D eigenvalue weighted by molar-refractivity contribution is 0.0695. The molecule has 1 aromatic heterocycles. The van der Waals surface area contributed by atoms with Gasteiger partial charge in [-0.15, -0.1) is 0 Å². The van der Waals surface area contributed by atoms with Crippen LogP contribution in [0.25, 0.3) is 27.7 Å². The highest BCUT2D eigenvalue weighted by molar-refractivity contribution is 6.38. The van der Waals surface area contributed by atoms with Crippen molar-refractivity contribution in [3.63, 3.8) is 0 Å². The molecular weight excluding hydrogens is 457 g/mol. The van der Waals surface area contributed by atoms with Gasteiger partial charge in [-0.3, -0.25) is 4.79 Å². The van der Waals surface area contributed by atoms with Gasteiger partial charge in [0.1, 0.15) is 23.0 Å². The van der Waals surface area contributed by atoms with Crippen molar-refractivity contribution in [3.05, 3.63) is 98.0 Å². The van der Waals surface area contributed by atoms with E-state index >= 15 is 4.39 Å². The van der Waals surface area contributed by atoms with E-state index in [1.807, 2.05) is 6.07 Å². The van der Waals surface area contributed by atoms with Crippen LogP contribution in [0.5, 0.6) is 0 Å². The molecule has 0 aliphatic carbocycles. The number of carboxylic acids is 1. The van der Waals surface area contributed by atoms with Gasteiger partial charge in [0.25, 0.3) is 0 Å². The Hall–Kier alpha value is -3.62. The van der Waals surface area contributed by atoms with Gasteiger partial charge in [0.2, 0.25) is 5.43 Å². The minimum atomic E-state index is -1.58. The fourth-order valence-corrected chi connectivity index (χ4v) is 4.54. The van der Waals surface area contributed by atoms with Crippen LogP contribution in [0.3, 0.4) is 0 Å². The van der Waals surface area contributed by atoms with Gasteiger partial charge in [0.15, 0.2) is 0 Å². The summed E-state index contributed by atoms with van der Waals surface area (Å²) in [5, 5.41) is 12.1. The van der Waals surface area contributed by atoms with Gasteiger partial charge < -0.3 is 15.0 Å². The normalized spacial score (nSPS) is 12.8. The molecule has 0 unspecified atom stereocenters. The van der Waals surface area contributed by atoms with Crippen molar-refractivity contribution in [1.82, 2.24) is 9.88 Å². The number of carboxylic acid groups (broad SMARTS) is 1. The maximum atomic E-state index is 15.3. The number of aromatic carboxylic acids is 1. The molecule has 0 saturated carbocycles. The van der Waals surface area contributed by atoms with Crippen molar-refractivity contribution in [2.24, 2.45) is 0 Å². The first kappa shape index (κ1) is 21.2. The molecule has 0 radical (unpaired) electrons. The zero-order valence-electron chi connectivity index (χ0n) is 16.8. The summed E-state index contributed by atoms with van der Waals surface area (Å²) in [6.07, 6.45) is 0.906. The SMILES string of the molecule is O=C(O)c1cn(-c2ccc(F)cc2F)c2c(Cl)c(-c3ccc4c(c3)CNC4)c(F)cc2c1=O. The summed E-state index contributed by atoms with van der Waals surface area (Å²) in [7, 11) is 0. The Morgan fingerprint density at radius 3 is 2.48 bits per heavy atom. The highest BCUT2D eigenvalue weighted by Crippen LogP contribution is 2.38. The number of carbonyl (C=O) groups is 1. The Morgan fingerprint density at radius 1 is 1.00 bits per heavy atom. The number of hydrogen-bond donors (Lipinski definition) is 2. The van der Waals surface area contributed by atoms with Gasteiger partial charge in [-0.05, 0) is 41.0 Å². The van der Waals surface area contributed by atoms with E-state index in [1.54, 1.807) is 12.1 Å². The number of benzene rings is 3. The van der Waals surface area contributed by atoms with Crippen molar-refractivity contribution in [1.29, 1.82) is 0 Å². The molecule has 0 atom stereocenters. The van der Waals surface area contributed by atoms with E-state index in [-0.39, 0.29) is 27.2 Å². The molecule has 4 aromatic rings. The number of nitrogens with zero attached hydrogens (tertiary/aromatic N) is 1. The molecule has 1 aliphatic heterocycles. The molecule has 166 valence electrons. The van der Waals surface area contributed by atoms with Gasteiger partial charge >= 0.3 is 5.97 Å². The molecule has 1 aliphatic rings. The van der Waals surface area contributed by atoms with Crippen LogP contribution in [0, 0.1) is 17.5 Å². The number of nitrogens with one attached hydrogen (secondary N) is 1. The zero-order valence-corrected chi connectivity index (χ0v) is 17.5. The Kier molecular flexibility index (Phi) is 4.99. The van der Waals surface area contributed by atoms with Crippen molar-refractivity contribution >= 4 is 28.5 Å². The van der Waals surface area contributed by atoms with Gasteiger partial charge in [-0.25, -0.2) is 18.0 Å². The van der Waals surface area contributed by atoms with E-state index in [0.29, 0.717) is 24.7 Å². The van der Waals surface area contributed by atoms with Crippen LogP contribution in [0.15, 0.2) is 53.5 Å². The van der Waals surface area contributed by atoms with Crippen LogP contribution in [-0.2, 0) is 13.1 Å². The molecule has 5 rings (SSSR count).